The number of piperidine rings is 2. The molecule has 0 atom stereocenters. The molecule has 2 saturated heterocycles. The first-order valence-corrected chi connectivity index (χ1v) is 11.4. The lowest BCUT2D eigenvalue weighted by molar-refractivity contribution is -0.0221. The third-order valence-corrected chi connectivity index (χ3v) is 7.11. The molecule has 7 nitrogen and oxygen atoms in total. The lowest BCUT2D eigenvalue weighted by Crippen LogP contribution is -2.39. The van der Waals surface area contributed by atoms with Gasteiger partial charge in [-0.2, -0.15) is 4.98 Å². The van der Waals surface area contributed by atoms with Crippen molar-refractivity contribution >= 4 is 35.0 Å². The number of amides is 1. The Hall–Kier alpha value is -2.55. The highest BCUT2D eigenvalue weighted by atomic mass is 35.5. The van der Waals surface area contributed by atoms with Crippen molar-refractivity contribution in [3.05, 3.63) is 35.2 Å². The number of alkyl halides is 2. The van der Waals surface area contributed by atoms with Crippen LogP contribution in [0.25, 0.3) is 0 Å². The molecule has 170 valence electrons. The molecule has 3 fully saturated rings. The highest BCUT2D eigenvalue weighted by molar-refractivity contribution is 6.29. The second-order valence-electron chi connectivity index (χ2n) is 9.05. The number of nitrogens with one attached hydrogen (secondary N) is 1. The summed E-state index contributed by atoms with van der Waals surface area (Å²) >= 11 is 6.14. The lowest BCUT2D eigenvalue weighted by atomic mass is 9.93. The minimum Gasteiger partial charge on any atom is -0.371 e. The molecule has 0 unspecified atom stereocenters. The van der Waals surface area contributed by atoms with Crippen molar-refractivity contribution in [2.45, 2.75) is 44.4 Å². The van der Waals surface area contributed by atoms with Crippen LogP contribution in [0.1, 0.15) is 48.9 Å². The SMILES string of the molecule is O=C(Nc1nccc(N2CCC(F)(F)CC2)n1)c1cnc(Cl)cc1N1CCC2(CC1)CC2. The van der Waals surface area contributed by atoms with Crippen molar-refractivity contribution in [3.63, 3.8) is 0 Å². The highest BCUT2D eigenvalue weighted by Crippen LogP contribution is 2.54. The van der Waals surface area contributed by atoms with Crippen LogP contribution in [0.2, 0.25) is 5.15 Å². The van der Waals surface area contributed by atoms with Crippen LogP contribution in [-0.4, -0.2) is 53.0 Å². The van der Waals surface area contributed by atoms with Crippen molar-refractivity contribution < 1.29 is 13.6 Å². The minimum atomic E-state index is -2.63. The summed E-state index contributed by atoms with van der Waals surface area (Å²) in [6, 6.07) is 3.39. The Labute approximate surface area is 190 Å². The maximum Gasteiger partial charge on any atom is 0.261 e. The summed E-state index contributed by atoms with van der Waals surface area (Å²) in [6.07, 6.45) is 7.41. The molecule has 1 saturated carbocycles. The Morgan fingerprint density at radius 1 is 1.00 bits per heavy atom. The number of hydrogen-bond donors (Lipinski definition) is 1. The van der Waals surface area contributed by atoms with Gasteiger partial charge >= 0.3 is 0 Å². The van der Waals surface area contributed by atoms with E-state index in [-0.39, 0.29) is 37.8 Å². The fourth-order valence-electron chi connectivity index (χ4n) is 4.57. The monoisotopic (exact) mass is 462 g/mol. The first-order valence-electron chi connectivity index (χ1n) is 11.0. The normalized spacial score (nSPS) is 21.5. The van der Waals surface area contributed by atoms with Gasteiger partial charge < -0.3 is 9.80 Å². The molecule has 1 N–H and O–H groups in total. The second-order valence-corrected chi connectivity index (χ2v) is 9.43. The quantitative estimate of drug-likeness (QED) is 0.679. The topological polar surface area (TPSA) is 74.2 Å². The summed E-state index contributed by atoms with van der Waals surface area (Å²) in [6.45, 7) is 2.18. The first-order chi connectivity index (χ1) is 15.3. The van der Waals surface area contributed by atoms with Crippen LogP contribution in [0.4, 0.5) is 26.2 Å². The molecule has 2 aliphatic heterocycles. The van der Waals surface area contributed by atoms with Gasteiger partial charge in [0.15, 0.2) is 0 Å². The van der Waals surface area contributed by atoms with E-state index in [0.717, 1.165) is 31.6 Å². The number of aromatic nitrogens is 3. The van der Waals surface area contributed by atoms with Gasteiger partial charge in [0.2, 0.25) is 5.95 Å². The fourth-order valence-corrected chi connectivity index (χ4v) is 4.73. The largest absolute Gasteiger partial charge is 0.371 e. The third kappa shape index (κ3) is 4.48. The van der Waals surface area contributed by atoms with Crippen LogP contribution in [0.3, 0.4) is 0 Å². The average Bonchev–Trinajstić information content (AvgIpc) is 3.53. The molecule has 32 heavy (non-hydrogen) atoms. The summed E-state index contributed by atoms with van der Waals surface area (Å²) in [5.74, 6) is -2.36. The van der Waals surface area contributed by atoms with E-state index < -0.39 is 5.92 Å². The van der Waals surface area contributed by atoms with Gasteiger partial charge in [0.05, 0.1) is 11.3 Å². The van der Waals surface area contributed by atoms with Crippen molar-refractivity contribution in [3.8, 4) is 0 Å². The van der Waals surface area contributed by atoms with Crippen LogP contribution in [0.5, 0.6) is 0 Å². The first kappa shape index (κ1) is 21.3. The van der Waals surface area contributed by atoms with Gasteiger partial charge in [0.25, 0.3) is 11.8 Å². The number of carbonyl (C=O) groups is 1. The van der Waals surface area contributed by atoms with Gasteiger partial charge in [0.1, 0.15) is 11.0 Å². The van der Waals surface area contributed by atoms with Crippen LogP contribution in [0, 0.1) is 5.41 Å². The number of nitrogens with zero attached hydrogens (tertiary/aromatic N) is 5. The summed E-state index contributed by atoms with van der Waals surface area (Å²) in [5, 5.41) is 3.07. The smallest absolute Gasteiger partial charge is 0.261 e. The van der Waals surface area contributed by atoms with E-state index in [1.807, 2.05) is 0 Å². The number of rotatable bonds is 4. The standard InChI is InChI=1S/C22H25ClF2N6O/c23-17-13-16(30-9-4-21(2-3-21)5-10-30)15(14-27-17)19(32)29-20-26-8-1-18(28-20)31-11-6-22(24,25)7-12-31/h1,8,13-14H,2-7,9-12H2,(H,26,28,29,32). The summed E-state index contributed by atoms with van der Waals surface area (Å²) in [5.41, 5.74) is 1.68. The Kier molecular flexibility index (Phi) is 5.39. The number of carbonyl (C=O) groups excluding carboxylic acids is 1. The summed E-state index contributed by atoms with van der Waals surface area (Å²) in [7, 11) is 0. The maximum atomic E-state index is 13.5. The van der Waals surface area contributed by atoms with E-state index in [1.54, 1.807) is 17.0 Å². The Bertz CT molecular complexity index is 1010. The third-order valence-electron chi connectivity index (χ3n) is 6.90. The molecular weight excluding hydrogens is 438 g/mol. The lowest BCUT2D eigenvalue weighted by Gasteiger charge is -2.34. The van der Waals surface area contributed by atoms with E-state index in [1.165, 1.54) is 25.2 Å². The molecule has 10 heteroatoms. The van der Waals surface area contributed by atoms with Gasteiger partial charge in [0, 0.05) is 51.4 Å². The van der Waals surface area contributed by atoms with Crippen molar-refractivity contribution in [1.82, 2.24) is 15.0 Å². The zero-order chi connectivity index (χ0) is 22.3. The van der Waals surface area contributed by atoms with Crippen molar-refractivity contribution in [1.29, 1.82) is 0 Å². The molecule has 3 aliphatic rings. The molecule has 4 heterocycles. The summed E-state index contributed by atoms with van der Waals surface area (Å²) in [4.78, 5) is 29.7. The van der Waals surface area contributed by atoms with Crippen LogP contribution < -0.4 is 15.1 Å². The predicted octanol–water partition coefficient (Wildman–Crippen LogP) is 4.39. The van der Waals surface area contributed by atoms with Gasteiger partial charge in [-0.1, -0.05) is 11.6 Å². The molecule has 1 aliphatic carbocycles. The number of anilines is 3. The van der Waals surface area contributed by atoms with Crippen LogP contribution in [-0.2, 0) is 0 Å². The van der Waals surface area contributed by atoms with Crippen LogP contribution >= 0.6 is 11.6 Å². The van der Waals surface area contributed by atoms with Gasteiger partial charge in [-0.05, 0) is 43.2 Å². The Morgan fingerprint density at radius 2 is 1.69 bits per heavy atom. The zero-order valence-corrected chi connectivity index (χ0v) is 18.4. The molecule has 1 amide bonds. The highest BCUT2D eigenvalue weighted by Gasteiger charge is 2.44. The van der Waals surface area contributed by atoms with E-state index in [2.05, 4.69) is 25.2 Å². The van der Waals surface area contributed by atoms with Gasteiger partial charge in [-0.25, -0.2) is 18.7 Å². The Balaban J connectivity index is 1.31. The number of pyridine rings is 1. The minimum absolute atomic E-state index is 0.126. The molecule has 2 aromatic rings. The molecule has 0 radical (unpaired) electrons. The Morgan fingerprint density at radius 3 is 2.38 bits per heavy atom. The molecule has 2 aromatic heterocycles. The molecular formula is C22H25ClF2N6O. The van der Waals surface area contributed by atoms with E-state index in [4.69, 9.17) is 11.6 Å². The zero-order valence-electron chi connectivity index (χ0n) is 17.7. The van der Waals surface area contributed by atoms with E-state index in [0.29, 0.717) is 21.9 Å². The summed E-state index contributed by atoms with van der Waals surface area (Å²) < 4.78 is 26.9. The van der Waals surface area contributed by atoms with Gasteiger partial charge in [-0.3, -0.25) is 10.1 Å². The number of halogens is 3. The fraction of sp³-hybridized carbons (Fsp3) is 0.545. The van der Waals surface area contributed by atoms with Crippen molar-refractivity contribution in [2.24, 2.45) is 5.41 Å². The maximum absolute atomic E-state index is 13.5. The van der Waals surface area contributed by atoms with E-state index in [9.17, 15) is 13.6 Å². The predicted molar refractivity (Wildman–Crippen MR) is 119 cm³/mol. The molecule has 5 rings (SSSR count). The molecule has 0 bridgehead atoms. The van der Waals surface area contributed by atoms with E-state index >= 15 is 0 Å². The number of hydrogen-bond acceptors (Lipinski definition) is 6. The molecule has 1 spiro atoms. The van der Waals surface area contributed by atoms with Gasteiger partial charge in [-0.15, -0.1) is 0 Å². The average molecular weight is 463 g/mol. The molecule has 0 aromatic carbocycles. The van der Waals surface area contributed by atoms with Crippen LogP contribution in [0.15, 0.2) is 24.5 Å². The second kappa shape index (κ2) is 8.10. The van der Waals surface area contributed by atoms with Crippen molar-refractivity contribution in [2.75, 3.05) is 41.3 Å².